The second-order valence-corrected chi connectivity index (χ2v) is 10.8. The molecule has 2 atom stereocenters. The molecule has 1 amide bonds. The molecule has 1 aromatic carbocycles. The van der Waals surface area contributed by atoms with Crippen LogP contribution in [-0.4, -0.2) is 63.1 Å². The second-order valence-electron chi connectivity index (χ2n) is 9.62. The molecule has 0 saturated carbocycles. The van der Waals surface area contributed by atoms with Gasteiger partial charge in [0.05, 0.1) is 11.0 Å². The lowest BCUT2D eigenvalue weighted by Gasteiger charge is -2.19. The van der Waals surface area contributed by atoms with Crippen LogP contribution in [0.1, 0.15) is 61.6 Å². The van der Waals surface area contributed by atoms with E-state index in [1.807, 2.05) is 26.0 Å². The highest BCUT2D eigenvalue weighted by atomic mass is 32.1. The average molecular weight is 545 g/mol. The van der Waals surface area contributed by atoms with Gasteiger partial charge in [-0.3, -0.25) is 9.69 Å². The Hall–Kier alpha value is -2.79. The van der Waals surface area contributed by atoms with Crippen molar-refractivity contribution in [2.45, 2.75) is 79.1 Å². The van der Waals surface area contributed by atoms with Gasteiger partial charge >= 0.3 is 0 Å². The quantitative estimate of drug-likeness (QED) is 0.259. The van der Waals surface area contributed by atoms with Crippen LogP contribution >= 0.6 is 11.3 Å². The summed E-state index contributed by atoms with van der Waals surface area (Å²) >= 11 is 1.70. The lowest BCUT2D eigenvalue weighted by molar-refractivity contribution is -0.127. The molecular weight excluding hydrogens is 504 g/mol. The van der Waals surface area contributed by atoms with Crippen LogP contribution in [0.25, 0.3) is 22.2 Å². The molecule has 208 valence electrons. The Labute approximate surface area is 228 Å². The molecule has 0 saturated heterocycles. The number of aliphatic hydroxyl groups is 2. The van der Waals surface area contributed by atoms with E-state index in [2.05, 4.69) is 36.9 Å². The Morgan fingerprint density at radius 2 is 1.95 bits per heavy atom. The lowest BCUT2D eigenvalue weighted by Crippen LogP contribution is -2.33. The van der Waals surface area contributed by atoms with Gasteiger partial charge in [0.25, 0.3) is 5.89 Å². The highest BCUT2D eigenvalue weighted by Crippen LogP contribution is 2.34. The van der Waals surface area contributed by atoms with Gasteiger partial charge in [0, 0.05) is 23.4 Å². The summed E-state index contributed by atoms with van der Waals surface area (Å²) in [7, 11) is 0. The predicted octanol–water partition coefficient (Wildman–Crippen LogP) is 4.24. The Morgan fingerprint density at radius 3 is 2.61 bits per heavy atom. The zero-order valence-corrected chi connectivity index (χ0v) is 23.8. The van der Waals surface area contributed by atoms with E-state index in [-0.39, 0.29) is 13.0 Å². The third-order valence-corrected chi connectivity index (χ3v) is 7.74. The first-order valence-corrected chi connectivity index (χ1v) is 14.1. The van der Waals surface area contributed by atoms with E-state index in [0.29, 0.717) is 23.9 Å². The molecule has 0 spiro atoms. The van der Waals surface area contributed by atoms with Crippen LogP contribution in [0.2, 0.25) is 0 Å². The number of aromatic nitrogens is 2. The Bertz CT molecular complexity index is 1210. The van der Waals surface area contributed by atoms with Crippen LogP contribution < -0.4 is 10.5 Å². The summed E-state index contributed by atoms with van der Waals surface area (Å²) in [6.45, 7) is 13.4. The third kappa shape index (κ3) is 7.63. The van der Waals surface area contributed by atoms with Gasteiger partial charge in [0.1, 0.15) is 18.5 Å². The van der Waals surface area contributed by atoms with Gasteiger partial charge in [0.2, 0.25) is 11.7 Å². The normalized spacial score (nSPS) is 13.2. The van der Waals surface area contributed by atoms with Gasteiger partial charge in [-0.15, -0.1) is 11.3 Å². The van der Waals surface area contributed by atoms with Crippen molar-refractivity contribution in [2.75, 3.05) is 19.7 Å². The smallest absolute Gasteiger partial charge is 0.268 e. The molecule has 0 aliphatic carbocycles. The number of benzene rings is 1. The zero-order chi connectivity index (χ0) is 27.8. The minimum atomic E-state index is -1.41. The van der Waals surface area contributed by atoms with Crippen LogP contribution in [0.15, 0.2) is 22.7 Å². The van der Waals surface area contributed by atoms with Gasteiger partial charge in [-0.2, -0.15) is 4.98 Å². The number of thiophene rings is 1. The minimum Gasteiger partial charge on any atom is -0.490 e. The van der Waals surface area contributed by atoms with E-state index in [9.17, 15) is 15.0 Å². The maximum absolute atomic E-state index is 11.0. The maximum atomic E-state index is 11.0. The molecule has 1 unspecified atom stereocenters. The number of aliphatic hydroxyl groups excluding tert-OH is 2. The highest BCUT2D eigenvalue weighted by Gasteiger charge is 2.20. The summed E-state index contributed by atoms with van der Waals surface area (Å²) in [6.07, 6.45) is 0.444. The zero-order valence-electron chi connectivity index (χ0n) is 23.0. The fraction of sp³-hybridized carbons (Fsp3) is 0.536. The number of primary amides is 1. The topological polar surface area (TPSA) is 135 Å². The Balaban J connectivity index is 1.75. The average Bonchev–Trinajstić information content (AvgIpc) is 3.52. The largest absolute Gasteiger partial charge is 0.490 e. The predicted molar refractivity (Wildman–Crippen MR) is 149 cm³/mol. The summed E-state index contributed by atoms with van der Waals surface area (Å²) in [5.74, 6) is 0.777. The van der Waals surface area contributed by atoms with E-state index < -0.39 is 18.1 Å². The molecule has 3 rings (SSSR count). The fourth-order valence-electron chi connectivity index (χ4n) is 4.22. The molecular formula is C28H40N4O5S. The van der Waals surface area contributed by atoms with Crippen LogP contribution in [0.5, 0.6) is 5.75 Å². The van der Waals surface area contributed by atoms with Crippen molar-refractivity contribution in [1.29, 1.82) is 0 Å². The van der Waals surface area contributed by atoms with Gasteiger partial charge < -0.3 is 25.2 Å². The van der Waals surface area contributed by atoms with Crippen molar-refractivity contribution in [3.05, 3.63) is 39.8 Å². The van der Waals surface area contributed by atoms with Crippen LogP contribution in [0, 0.1) is 13.8 Å². The minimum absolute atomic E-state index is 0.0716. The molecule has 0 radical (unpaired) electrons. The van der Waals surface area contributed by atoms with Crippen LogP contribution in [0.4, 0.5) is 0 Å². The Kier molecular flexibility index (Phi) is 10.8. The molecule has 2 aromatic heterocycles. The fourth-order valence-corrected chi connectivity index (χ4v) is 5.36. The van der Waals surface area contributed by atoms with E-state index in [0.717, 1.165) is 41.2 Å². The highest BCUT2D eigenvalue weighted by molar-refractivity contribution is 7.15. The number of unbranched alkanes of at least 4 members (excludes halogenated alkanes) is 1. The van der Waals surface area contributed by atoms with E-state index in [1.54, 1.807) is 11.3 Å². The molecule has 0 aliphatic rings. The molecule has 4 N–H and O–H groups in total. The summed E-state index contributed by atoms with van der Waals surface area (Å²) in [5, 5.41) is 23.9. The number of amides is 1. The van der Waals surface area contributed by atoms with Gasteiger partial charge in [-0.05, 0) is 74.7 Å². The number of aryl methyl sites for hydroxylation is 3. The van der Waals surface area contributed by atoms with Crippen molar-refractivity contribution in [1.82, 2.24) is 15.0 Å². The van der Waals surface area contributed by atoms with Crippen molar-refractivity contribution in [2.24, 2.45) is 5.73 Å². The first kappa shape index (κ1) is 29.8. The van der Waals surface area contributed by atoms with Gasteiger partial charge in [0.15, 0.2) is 0 Å². The molecule has 38 heavy (non-hydrogen) atoms. The molecule has 0 bridgehead atoms. The van der Waals surface area contributed by atoms with Gasteiger partial charge in [-0.25, -0.2) is 0 Å². The molecule has 3 aromatic rings. The molecule has 10 heteroatoms. The summed E-state index contributed by atoms with van der Waals surface area (Å²) < 4.78 is 11.5. The van der Waals surface area contributed by atoms with Crippen LogP contribution in [0.3, 0.4) is 0 Å². The molecule has 0 fully saturated rings. The summed E-state index contributed by atoms with van der Waals surface area (Å²) in [4.78, 5) is 20.5. The van der Waals surface area contributed by atoms with Crippen molar-refractivity contribution in [3.63, 3.8) is 0 Å². The maximum Gasteiger partial charge on any atom is 0.268 e. The van der Waals surface area contributed by atoms with E-state index >= 15 is 0 Å². The van der Waals surface area contributed by atoms with Crippen molar-refractivity contribution < 1.29 is 24.3 Å². The molecule has 0 aliphatic heterocycles. The molecule has 9 nitrogen and oxygen atoms in total. The third-order valence-electron chi connectivity index (χ3n) is 6.53. The summed E-state index contributed by atoms with van der Waals surface area (Å²) in [5.41, 5.74) is 8.89. The number of hydrogen-bond donors (Lipinski definition) is 3. The monoisotopic (exact) mass is 544 g/mol. The number of carbonyl (C=O) groups is 1. The van der Waals surface area contributed by atoms with Crippen molar-refractivity contribution in [3.8, 4) is 27.9 Å². The van der Waals surface area contributed by atoms with Crippen molar-refractivity contribution >= 4 is 17.2 Å². The van der Waals surface area contributed by atoms with Gasteiger partial charge in [-0.1, -0.05) is 32.3 Å². The number of carbonyl (C=O) groups excluding carboxylic acids is 1. The number of rotatable bonds is 15. The number of nitrogens with zero attached hydrogens (tertiary/aromatic N) is 3. The van der Waals surface area contributed by atoms with Crippen LogP contribution in [-0.2, 0) is 17.8 Å². The van der Waals surface area contributed by atoms with E-state index in [1.165, 1.54) is 23.3 Å². The first-order chi connectivity index (χ1) is 18.2. The molecule has 2 heterocycles. The second kappa shape index (κ2) is 13.8. The standard InChI is InChI=1S/C28H40N4O5S/c1-6-9-10-32(8-3)15-24-17(4)12-23(38-24)28-30-27(31-37-28)20-11-18(5)25(19(7-2)13-20)36-16-21(33)14-22(34)26(29)35/h11-13,21-22,33-34H,6-10,14-16H2,1-5H3,(H2,29,35)/t21-,22?/m0/s1. The SMILES string of the molecule is CCCCN(CC)Cc1sc(-c2nc(-c3cc(C)c(OC[C@@H](O)CC(O)C(N)=O)c(CC)c3)no2)cc1C. The first-order valence-electron chi connectivity index (χ1n) is 13.2. The Morgan fingerprint density at radius 1 is 1.18 bits per heavy atom. The number of ether oxygens (including phenoxy) is 1. The summed E-state index contributed by atoms with van der Waals surface area (Å²) in [6, 6.07) is 6.00. The van der Waals surface area contributed by atoms with E-state index in [4.69, 9.17) is 20.0 Å². The lowest BCUT2D eigenvalue weighted by atomic mass is 10.0. The number of nitrogens with two attached hydrogens (primary N) is 1. The number of hydrogen-bond acceptors (Lipinski definition) is 9.